The highest BCUT2D eigenvalue weighted by molar-refractivity contribution is 5.87. The van der Waals surface area contributed by atoms with Gasteiger partial charge in [0.05, 0.1) is 37.2 Å². The molecule has 2 aromatic heterocycles. The van der Waals surface area contributed by atoms with Gasteiger partial charge in [0.15, 0.2) is 11.6 Å². The Bertz CT molecular complexity index is 1050. The van der Waals surface area contributed by atoms with Crippen molar-refractivity contribution in [2.24, 2.45) is 0 Å². The van der Waals surface area contributed by atoms with Crippen molar-refractivity contribution < 1.29 is 8.78 Å². The van der Waals surface area contributed by atoms with Crippen LogP contribution >= 0.6 is 0 Å². The SMILES string of the molecule is CC[N+](C)(c1c(F)cc(C#N)cc1F)C1CCN(c2ncnc3[nH]ccc23)C1. The summed E-state index contributed by atoms with van der Waals surface area (Å²) in [6, 6.07) is 5.97. The van der Waals surface area contributed by atoms with E-state index in [4.69, 9.17) is 5.26 Å². The molecule has 0 amide bonds. The lowest BCUT2D eigenvalue weighted by molar-refractivity contribution is 0.253. The largest absolute Gasteiger partial charge is 0.350 e. The molecule has 1 aliphatic rings. The molecule has 1 fully saturated rings. The number of fused-ring (bicyclic) bond motifs is 1. The van der Waals surface area contributed by atoms with Gasteiger partial charge in [-0.25, -0.2) is 18.7 Å². The summed E-state index contributed by atoms with van der Waals surface area (Å²) >= 11 is 0. The third-order valence-electron chi connectivity index (χ3n) is 5.92. The summed E-state index contributed by atoms with van der Waals surface area (Å²) < 4.78 is 29.7. The molecule has 144 valence electrons. The predicted molar refractivity (Wildman–Crippen MR) is 104 cm³/mol. The van der Waals surface area contributed by atoms with Crippen molar-refractivity contribution >= 4 is 22.5 Å². The van der Waals surface area contributed by atoms with Gasteiger partial charge in [0, 0.05) is 19.2 Å². The van der Waals surface area contributed by atoms with Gasteiger partial charge in [-0.3, -0.25) is 4.48 Å². The van der Waals surface area contributed by atoms with E-state index < -0.39 is 11.6 Å². The monoisotopic (exact) mass is 383 g/mol. The minimum Gasteiger partial charge on any atom is -0.350 e. The molecule has 0 spiro atoms. The molecule has 6 nitrogen and oxygen atoms in total. The van der Waals surface area contributed by atoms with Crippen LogP contribution in [-0.2, 0) is 0 Å². The molecule has 0 radical (unpaired) electrons. The Labute approximate surface area is 161 Å². The molecule has 28 heavy (non-hydrogen) atoms. The number of hydrogen-bond acceptors (Lipinski definition) is 4. The first-order valence-electron chi connectivity index (χ1n) is 9.26. The van der Waals surface area contributed by atoms with Crippen LogP contribution in [-0.4, -0.2) is 47.7 Å². The average molecular weight is 383 g/mol. The molecule has 3 heterocycles. The molecular weight excluding hydrogens is 362 g/mol. The fourth-order valence-electron chi connectivity index (χ4n) is 4.23. The molecule has 4 rings (SSSR count). The number of nitrogens with zero attached hydrogens (tertiary/aromatic N) is 5. The maximum absolute atomic E-state index is 14.8. The van der Waals surface area contributed by atoms with E-state index in [1.54, 1.807) is 6.07 Å². The molecule has 1 aromatic carbocycles. The number of rotatable bonds is 4. The van der Waals surface area contributed by atoms with E-state index in [1.165, 1.54) is 6.33 Å². The second-order valence-electron chi connectivity index (χ2n) is 7.31. The summed E-state index contributed by atoms with van der Waals surface area (Å²) in [5.41, 5.74) is 0.776. The quantitative estimate of drug-likeness (QED) is 0.702. The van der Waals surface area contributed by atoms with Gasteiger partial charge in [0.25, 0.3) is 0 Å². The predicted octanol–water partition coefficient (Wildman–Crippen LogP) is 3.34. The fraction of sp³-hybridized carbons (Fsp3) is 0.350. The second kappa shape index (κ2) is 6.84. The number of aromatic nitrogens is 3. The maximum atomic E-state index is 14.8. The standard InChI is InChI=1S/C20H21F2N6/c1-3-28(2,18-16(21)8-13(10-23)9-17(18)22)14-5-7-27(11-14)20-15-4-6-24-19(15)25-12-26-20/h4,6,8-9,12,14H,3,5,7,11H2,1-2H3,(H,24,25,26)/q+1. The highest BCUT2D eigenvalue weighted by Gasteiger charge is 2.43. The number of quaternary nitrogens is 1. The van der Waals surface area contributed by atoms with Crippen molar-refractivity contribution in [1.29, 1.82) is 5.26 Å². The zero-order chi connectivity index (χ0) is 19.9. The Morgan fingerprint density at radius 3 is 2.75 bits per heavy atom. The van der Waals surface area contributed by atoms with E-state index in [-0.39, 0.29) is 21.8 Å². The number of likely N-dealkylation sites (N-methyl/N-ethyl adjacent to an activating group) is 1. The number of halogens is 2. The van der Waals surface area contributed by atoms with Gasteiger partial charge in [-0.1, -0.05) is 0 Å². The Balaban J connectivity index is 1.69. The molecule has 2 atom stereocenters. The Kier molecular flexibility index (Phi) is 4.47. The first kappa shape index (κ1) is 18.3. The highest BCUT2D eigenvalue weighted by Crippen LogP contribution is 2.36. The number of benzene rings is 1. The third kappa shape index (κ3) is 2.79. The van der Waals surface area contributed by atoms with Crippen molar-refractivity contribution in [2.75, 3.05) is 31.6 Å². The Hall–Kier alpha value is -3.05. The van der Waals surface area contributed by atoms with Crippen molar-refractivity contribution in [1.82, 2.24) is 19.4 Å². The number of H-pyrrole nitrogens is 1. The van der Waals surface area contributed by atoms with Crippen molar-refractivity contribution in [3.05, 3.63) is 47.9 Å². The normalized spacial score (nSPS) is 19.0. The maximum Gasteiger partial charge on any atom is 0.205 e. The summed E-state index contributed by atoms with van der Waals surface area (Å²) in [6.45, 7) is 3.83. The summed E-state index contributed by atoms with van der Waals surface area (Å²) in [5, 5.41) is 9.90. The van der Waals surface area contributed by atoms with Crippen LogP contribution in [0.5, 0.6) is 0 Å². The number of nitrogens with one attached hydrogen (secondary N) is 1. The number of hydrogen-bond donors (Lipinski definition) is 1. The third-order valence-corrected chi connectivity index (χ3v) is 5.92. The fourth-order valence-corrected chi connectivity index (χ4v) is 4.23. The molecule has 0 bridgehead atoms. The summed E-state index contributed by atoms with van der Waals surface area (Å²) in [4.78, 5) is 13.9. The first-order chi connectivity index (χ1) is 13.5. The topological polar surface area (TPSA) is 68.6 Å². The van der Waals surface area contributed by atoms with Crippen LogP contribution in [0.4, 0.5) is 20.3 Å². The molecule has 8 heteroatoms. The van der Waals surface area contributed by atoms with Crippen LogP contribution in [0.15, 0.2) is 30.7 Å². The average Bonchev–Trinajstić information content (AvgIpc) is 3.36. The molecular formula is C20H21F2N6+. The smallest absolute Gasteiger partial charge is 0.205 e. The van der Waals surface area contributed by atoms with Crippen LogP contribution < -0.4 is 9.38 Å². The number of aromatic amines is 1. The van der Waals surface area contributed by atoms with E-state index in [0.717, 1.165) is 41.9 Å². The van der Waals surface area contributed by atoms with Crippen molar-refractivity contribution in [3.8, 4) is 6.07 Å². The van der Waals surface area contributed by atoms with E-state index in [0.29, 0.717) is 13.1 Å². The minimum absolute atomic E-state index is 0.00843. The number of anilines is 1. The van der Waals surface area contributed by atoms with Crippen LogP contribution in [0.1, 0.15) is 18.9 Å². The van der Waals surface area contributed by atoms with E-state index in [9.17, 15) is 8.78 Å². The van der Waals surface area contributed by atoms with E-state index >= 15 is 0 Å². The summed E-state index contributed by atoms with van der Waals surface area (Å²) in [7, 11) is 1.85. The molecule has 2 unspecified atom stereocenters. The highest BCUT2D eigenvalue weighted by atomic mass is 19.1. The van der Waals surface area contributed by atoms with Crippen LogP contribution in [0, 0.1) is 23.0 Å². The lowest BCUT2D eigenvalue weighted by atomic mass is 10.1. The van der Waals surface area contributed by atoms with Gasteiger partial charge < -0.3 is 9.88 Å². The molecule has 3 aromatic rings. The summed E-state index contributed by atoms with van der Waals surface area (Å²) in [5.74, 6) is -0.513. The lowest BCUT2D eigenvalue weighted by Gasteiger charge is -2.39. The van der Waals surface area contributed by atoms with Crippen molar-refractivity contribution in [2.45, 2.75) is 19.4 Å². The second-order valence-corrected chi connectivity index (χ2v) is 7.31. The van der Waals surface area contributed by atoms with Gasteiger partial charge >= 0.3 is 0 Å². The van der Waals surface area contributed by atoms with Gasteiger partial charge in [-0.2, -0.15) is 5.26 Å². The summed E-state index contributed by atoms with van der Waals surface area (Å²) in [6.07, 6.45) is 4.12. The Morgan fingerprint density at radius 1 is 1.32 bits per heavy atom. The lowest BCUT2D eigenvalue weighted by Crippen LogP contribution is -2.55. The first-order valence-corrected chi connectivity index (χ1v) is 9.26. The van der Waals surface area contributed by atoms with Gasteiger partial charge in [0.1, 0.15) is 23.8 Å². The molecule has 1 N–H and O–H groups in total. The van der Waals surface area contributed by atoms with Gasteiger partial charge in [0.2, 0.25) is 5.69 Å². The zero-order valence-corrected chi connectivity index (χ0v) is 15.8. The Morgan fingerprint density at radius 2 is 2.07 bits per heavy atom. The van der Waals surface area contributed by atoms with Gasteiger partial charge in [-0.15, -0.1) is 0 Å². The van der Waals surface area contributed by atoms with Crippen molar-refractivity contribution in [3.63, 3.8) is 0 Å². The van der Waals surface area contributed by atoms with E-state index in [2.05, 4.69) is 19.9 Å². The van der Waals surface area contributed by atoms with Gasteiger partial charge in [-0.05, 0) is 25.1 Å². The molecule has 1 saturated heterocycles. The van der Waals surface area contributed by atoms with Crippen LogP contribution in [0.25, 0.3) is 11.0 Å². The van der Waals surface area contributed by atoms with E-state index in [1.807, 2.05) is 26.2 Å². The van der Waals surface area contributed by atoms with Crippen LogP contribution in [0.3, 0.4) is 0 Å². The molecule has 1 aliphatic heterocycles. The van der Waals surface area contributed by atoms with Crippen LogP contribution in [0.2, 0.25) is 0 Å². The zero-order valence-electron chi connectivity index (χ0n) is 15.8. The molecule has 0 saturated carbocycles. The molecule has 0 aliphatic carbocycles. The number of nitriles is 1. The minimum atomic E-state index is -0.672.